The Kier molecular flexibility index (Phi) is 4.58. The lowest BCUT2D eigenvalue weighted by atomic mass is 10.0. The molecule has 3 rings (SSSR count). The van der Waals surface area contributed by atoms with E-state index in [9.17, 15) is 9.90 Å². The summed E-state index contributed by atoms with van der Waals surface area (Å²) >= 11 is 5.92. The fraction of sp³-hybridized carbons (Fsp3) is 0.438. The molecule has 0 spiro atoms. The normalized spacial score (nSPS) is 21.0. The molecule has 1 aromatic heterocycles. The van der Waals surface area contributed by atoms with Gasteiger partial charge in [0.25, 0.3) is 5.91 Å². The molecule has 2 atom stereocenters. The third-order valence-electron chi connectivity index (χ3n) is 3.92. The van der Waals surface area contributed by atoms with Gasteiger partial charge >= 0.3 is 0 Å². The number of nitrogens with one attached hydrogen (secondary N) is 2. The molecule has 0 unspecified atom stereocenters. The van der Waals surface area contributed by atoms with Gasteiger partial charge < -0.3 is 20.3 Å². The van der Waals surface area contributed by atoms with Crippen LogP contribution in [-0.2, 0) is 5.54 Å². The maximum Gasteiger partial charge on any atom is 0.252 e. The Morgan fingerprint density at radius 1 is 1.50 bits per heavy atom. The minimum atomic E-state index is -0.821. The second kappa shape index (κ2) is 6.51. The van der Waals surface area contributed by atoms with E-state index in [1.807, 2.05) is 0 Å². The first-order valence-electron chi connectivity index (χ1n) is 7.69. The van der Waals surface area contributed by atoms with Crippen molar-refractivity contribution >= 4 is 17.5 Å². The quantitative estimate of drug-likeness (QED) is 0.777. The fourth-order valence-electron chi connectivity index (χ4n) is 2.58. The molecule has 1 fully saturated rings. The second-order valence-corrected chi connectivity index (χ2v) is 6.83. The Balaban J connectivity index is 1.73. The molecule has 1 aromatic carbocycles. The molecule has 7 nitrogen and oxygen atoms in total. The minimum absolute atomic E-state index is 0.166. The summed E-state index contributed by atoms with van der Waals surface area (Å²) in [6.45, 7) is 4.08. The van der Waals surface area contributed by atoms with E-state index in [4.69, 9.17) is 16.1 Å². The van der Waals surface area contributed by atoms with Crippen molar-refractivity contribution in [2.75, 3.05) is 6.54 Å². The summed E-state index contributed by atoms with van der Waals surface area (Å²) in [4.78, 5) is 16.8. The van der Waals surface area contributed by atoms with Gasteiger partial charge in [0, 0.05) is 17.1 Å². The SMILES string of the molecule is CC(C)(NC(=O)c1cccc(Cl)c1)c1noc([C@H]2C[C@H](O)CN2)n1. The van der Waals surface area contributed by atoms with Gasteiger partial charge in [-0.05, 0) is 38.5 Å². The first-order chi connectivity index (χ1) is 11.3. The summed E-state index contributed by atoms with van der Waals surface area (Å²) in [7, 11) is 0. The van der Waals surface area contributed by atoms with Gasteiger partial charge in [-0.2, -0.15) is 4.98 Å². The van der Waals surface area contributed by atoms with Crippen LogP contribution in [0.3, 0.4) is 0 Å². The number of aromatic nitrogens is 2. The number of β-amino-alcohol motifs (C(OH)–C–C–N with tert-alkyl or cyclic N) is 1. The highest BCUT2D eigenvalue weighted by Gasteiger charge is 2.33. The Morgan fingerprint density at radius 3 is 2.96 bits per heavy atom. The Morgan fingerprint density at radius 2 is 2.29 bits per heavy atom. The molecule has 128 valence electrons. The number of halogens is 1. The van der Waals surface area contributed by atoms with Crippen LogP contribution >= 0.6 is 11.6 Å². The summed E-state index contributed by atoms with van der Waals surface area (Å²) < 4.78 is 5.28. The van der Waals surface area contributed by atoms with Gasteiger partial charge in [-0.25, -0.2) is 0 Å². The van der Waals surface area contributed by atoms with E-state index in [1.54, 1.807) is 38.1 Å². The minimum Gasteiger partial charge on any atom is -0.392 e. The molecule has 1 saturated heterocycles. The largest absolute Gasteiger partial charge is 0.392 e. The smallest absolute Gasteiger partial charge is 0.252 e. The molecule has 1 aliphatic heterocycles. The van der Waals surface area contributed by atoms with Crippen molar-refractivity contribution in [1.82, 2.24) is 20.8 Å². The molecule has 1 amide bonds. The van der Waals surface area contributed by atoms with E-state index in [0.717, 1.165) is 0 Å². The summed E-state index contributed by atoms with van der Waals surface area (Å²) in [6.07, 6.45) is 0.109. The van der Waals surface area contributed by atoms with E-state index in [0.29, 0.717) is 35.3 Å². The number of rotatable bonds is 4. The van der Waals surface area contributed by atoms with Gasteiger partial charge in [0.05, 0.1) is 17.7 Å². The van der Waals surface area contributed by atoms with Gasteiger partial charge in [-0.15, -0.1) is 0 Å². The predicted molar refractivity (Wildman–Crippen MR) is 87.6 cm³/mol. The zero-order chi connectivity index (χ0) is 17.3. The Labute approximate surface area is 144 Å². The van der Waals surface area contributed by atoms with Crippen LogP contribution in [0.2, 0.25) is 5.02 Å². The number of nitrogens with zero attached hydrogens (tertiary/aromatic N) is 2. The maximum absolute atomic E-state index is 12.4. The molecule has 0 radical (unpaired) electrons. The van der Waals surface area contributed by atoms with Crippen molar-refractivity contribution in [3.05, 3.63) is 46.6 Å². The summed E-state index contributed by atoms with van der Waals surface area (Å²) in [6, 6.07) is 6.54. The molecule has 0 bridgehead atoms. The number of carbonyl (C=O) groups is 1. The molecule has 2 aromatic rings. The molecule has 0 saturated carbocycles. The van der Waals surface area contributed by atoms with Gasteiger partial charge in [0.2, 0.25) is 5.89 Å². The highest BCUT2D eigenvalue weighted by molar-refractivity contribution is 6.30. The van der Waals surface area contributed by atoms with Gasteiger partial charge in [-0.1, -0.05) is 22.8 Å². The van der Waals surface area contributed by atoms with Crippen LogP contribution in [-0.4, -0.2) is 33.8 Å². The van der Waals surface area contributed by atoms with Crippen LogP contribution in [0.1, 0.15) is 48.4 Å². The molecular weight excluding hydrogens is 332 g/mol. The van der Waals surface area contributed by atoms with E-state index in [-0.39, 0.29) is 11.9 Å². The lowest BCUT2D eigenvalue weighted by Crippen LogP contribution is -2.41. The summed E-state index contributed by atoms with van der Waals surface area (Å²) in [5.74, 6) is 0.506. The van der Waals surface area contributed by atoms with Crippen LogP contribution in [0, 0.1) is 0 Å². The number of amides is 1. The lowest BCUT2D eigenvalue weighted by Gasteiger charge is -2.22. The number of aliphatic hydroxyl groups is 1. The van der Waals surface area contributed by atoms with E-state index in [1.165, 1.54) is 0 Å². The van der Waals surface area contributed by atoms with Crippen molar-refractivity contribution in [2.45, 2.75) is 38.0 Å². The van der Waals surface area contributed by atoms with Crippen molar-refractivity contribution < 1.29 is 14.4 Å². The summed E-state index contributed by atoms with van der Waals surface area (Å²) in [5, 5.41) is 20.0. The van der Waals surface area contributed by atoms with Crippen LogP contribution < -0.4 is 10.6 Å². The molecule has 1 aliphatic rings. The van der Waals surface area contributed by atoms with Crippen LogP contribution in [0.5, 0.6) is 0 Å². The first kappa shape index (κ1) is 16.9. The number of carbonyl (C=O) groups excluding carboxylic acids is 1. The van der Waals surface area contributed by atoms with Crippen molar-refractivity contribution in [2.24, 2.45) is 0 Å². The first-order valence-corrected chi connectivity index (χ1v) is 8.06. The zero-order valence-electron chi connectivity index (χ0n) is 13.4. The third kappa shape index (κ3) is 3.58. The van der Waals surface area contributed by atoms with Gasteiger partial charge in [0.15, 0.2) is 5.82 Å². The van der Waals surface area contributed by atoms with Crippen molar-refractivity contribution in [1.29, 1.82) is 0 Å². The molecule has 24 heavy (non-hydrogen) atoms. The number of hydrogen-bond donors (Lipinski definition) is 3. The van der Waals surface area contributed by atoms with E-state index in [2.05, 4.69) is 20.8 Å². The Hall–Kier alpha value is -1.96. The second-order valence-electron chi connectivity index (χ2n) is 6.40. The third-order valence-corrected chi connectivity index (χ3v) is 4.15. The molecule has 8 heteroatoms. The molecule has 3 N–H and O–H groups in total. The molecule has 0 aliphatic carbocycles. The monoisotopic (exact) mass is 350 g/mol. The maximum atomic E-state index is 12.4. The number of hydrogen-bond acceptors (Lipinski definition) is 6. The summed E-state index contributed by atoms with van der Waals surface area (Å²) in [5.41, 5.74) is -0.363. The van der Waals surface area contributed by atoms with E-state index >= 15 is 0 Å². The van der Waals surface area contributed by atoms with Gasteiger partial charge in [0.1, 0.15) is 0 Å². The Bertz CT molecular complexity index is 746. The number of aliphatic hydroxyl groups excluding tert-OH is 1. The topological polar surface area (TPSA) is 100 Å². The average Bonchev–Trinajstić information content (AvgIpc) is 3.15. The average molecular weight is 351 g/mol. The number of benzene rings is 1. The van der Waals surface area contributed by atoms with Crippen molar-refractivity contribution in [3.8, 4) is 0 Å². The fourth-order valence-corrected chi connectivity index (χ4v) is 2.77. The van der Waals surface area contributed by atoms with Gasteiger partial charge in [-0.3, -0.25) is 4.79 Å². The van der Waals surface area contributed by atoms with Crippen LogP contribution in [0.4, 0.5) is 0 Å². The lowest BCUT2D eigenvalue weighted by molar-refractivity contribution is 0.0907. The highest BCUT2D eigenvalue weighted by Crippen LogP contribution is 2.25. The zero-order valence-corrected chi connectivity index (χ0v) is 14.2. The van der Waals surface area contributed by atoms with Crippen molar-refractivity contribution in [3.63, 3.8) is 0 Å². The van der Waals surface area contributed by atoms with Crippen LogP contribution in [0.25, 0.3) is 0 Å². The van der Waals surface area contributed by atoms with Crippen LogP contribution in [0.15, 0.2) is 28.8 Å². The molecule has 2 heterocycles. The predicted octanol–water partition coefficient (Wildman–Crippen LogP) is 1.78. The highest BCUT2D eigenvalue weighted by atomic mass is 35.5. The molecular formula is C16H19ClN4O3. The standard InChI is InChI=1S/C16H19ClN4O3/c1-16(2,20-13(23)9-4-3-5-10(17)6-9)15-19-14(24-21-15)12-7-11(22)8-18-12/h3-6,11-12,18,22H,7-8H2,1-2H3,(H,20,23)/t11-,12+/m0/s1. The van der Waals surface area contributed by atoms with E-state index < -0.39 is 11.6 Å².